The van der Waals surface area contributed by atoms with Crippen molar-refractivity contribution < 1.29 is 5.11 Å². The number of aromatic hydroxyl groups is 1. The fourth-order valence-electron chi connectivity index (χ4n) is 4.81. The Morgan fingerprint density at radius 2 is 1.67 bits per heavy atom. The topological polar surface area (TPSA) is 60.1 Å². The first-order valence-electron chi connectivity index (χ1n) is 10.6. The van der Waals surface area contributed by atoms with Crippen LogP contribution in [-0.2, 0) is 5.41 Å². The van der Waals surface area contributed by atoms with E-state index in [2.05, 4.69) is 35.0 Å². The van der Waals surface area contributed by atoms with E-state index in [0.29, 0.717) is 11.7 Å². The van der Waals surface area contributed by atoms with Gasteiger partial charge in [-0.25, -0.2) is 0 Å². The maximum atomic E-state index is 10.5. The molecule has 1 aliphatic rings. The number of piperidine rings is 1. The van der Waals surface area contributed by atoms with Crippen LogP contribution in [0.15, 0.2) is 79.1 Å². The van der Waals surface area contributed by atoms with Crippen molar-refractivity contribution in [1.29, 1.82) is 5.26 Å². The molecule has 3 aromatic rings. The van der Waals surface area contributed by atoms with Gasteiger partial charge in [0.05, 0.1) is 6.07 Å². The summed E-state index contributed by atoms with van der Waals surface area (Å²) in [5.74, 6) is 0.795. The predicted octanol–water partition coefficient (Wildman–Crippen LogP) is 4.86. The van der Waals surface area contributed by atoms with E-state index < -0.39 is 5.41 Å². The summed E-state index contributed by atoms with van der Waals surface area (Å²) >= 11 is 0. The van der Waals surface area contributed by atoms with E-state index in [4.69, 9.17) is 0 Å². The molecule has 0 radical (unpaired) electrons. The molecule has 4 nitrogen and oxygen atoms in total. The van der Waals surface area contributed by atoms with Gasteiger partial charge in [0.1, 0.15) is 11.2 Å². The van der Waals surface area contributed by atoms with Crippen molar-refractivity contribution in [3.8, 4) is 11.8 Å². The second-order valence-electron chi connectivity index (χ2n) is 8.11. The Hall–Kier alpha value is -3.16. The number of benzene rings is 2. The number of aromatic nitrogens is 1. The lowest BCUT2D eigenvalue weighted by atomic mass is 9.70. The minimum absolute atomic E-state index is 0.00914. The van der Waals surface area contributed by atoms with E-state index in [1.54, 1.807) is 18.3 Å². The summed E-state index contributed by atoms with van der Waals surface area (Å²) in [7, 11) is 0. The number of hydrogen-bond acceptors (Lipinski definition) is 4. The molecule has 2 atom stereocenters. The van der Waals surface area contributed by atoms with Crippen LogP contribution in [-0.4, -0.2) is 34.1 Å². The molecule has 1 saturated heterocycles. The molecule has 2 heterocycles. The monoisotopic (exact) mass is 397 g/mol. The van der Waals surface area contributed by atoms with Crippen molar-refractivity contribution >= 4 is 0 Å². The van der Waals surface area contributed by atoms with Gasteiger partial charge in [-0.1, -0.05) is 48.5 Å². The van der Waals surface area contributed by atoms with E-state index in [1.807, 2.05) is 48.7 Å². The number of rotatable bonds is 5. The highest BCUT2D eigenvalue weighted by Crippen LogP contribution is 2.39. The zero-order valence-electron chi connectivity index (χ0n) is 17.3. The highest BCUT2D eigenvalue weighted by atomic mass is 16.3. The third kappa shape index (κ3) is 3.69. The summed E-state index contributed by atoms with van der Waals surface area (Å²) in [6.07, 6.45) is 5.66. The van der Waals surface area contributed by atoms with Gasteiger partial charge >= 0.3 is 0 Å². The summed E-state index contributed by atoms with van der Waals surface area (Å²) in [6, 6.07) is 24.3. The van der Waals surface area contributed by atoms with Gasteiger partial charge in [-0.05, 0) is 73.7 Å². The van der Waals surface area contributed by atoms with Gasteiger partial charge in [-0.2, -0.15) is 5.26 Å². The van der Waals surface area contributed by atoms with Gasteiger partial charge in [0.2, 0.25) is 0 Å². The van der Waals surface area contributed by atoms with E-state index in [-0.39, 0.29) is 6.04 Å². The Bertz CT molecular complexity index is 948. The Balaban J connectivity index is 1.61. The van der Waals surface area contributed by atoms with Crippen LogP contribution in [0.4, 0.5) is 0 Å². The predicted molar refractivity (Wildman–Crippen MR) is 118 cm³/mol. The van der Waals surface area contributed by atoms with E-state index in [1.165, 1.54) is 5.56 Å². The van der Waals surface area contributed by atoms with Crippen molar-refractivity contribution in [2.45, 2.75) is 37.1 Å². The number of likely N-dealkylation sites (tertiary alicyclic amines) is 1. The number of nitrogens with zero attached hydrogens (tertiary/aromatic N) is 3. The molecule has 1 aromatic heterocycles. The minimum atomic E-state index is -0.777. The van der Waals surface area contributed by atoms with Crippen molar-refractivity contribution in [3.05, 3.63) is 95.8 Å². The van der Waals surface area contributed by atoms with Crippen molar-refractivity contribution in [1.82, 2.24) is 9.88 Å². The fraction of sp³-hybridized carbons (Fsp3) is 0.308. The summed E-state index contributed by atoms with van der Waals surface area (Å²) in [4.78, 5) is 6.76. The van der Waals surface area contributed by atoms with Gasteiger partial charge in [0, 0.05) is 18.4 Å². The molecule has 1 N–H and O–H groups in total. The second-order valence-corrected chi connectivity index (χ2v) is 8.11. The number of hydrogen-bond donors (Lipinski definition) is 1. The van der Waals surface area contributed by atoms with Crippen LogP contribution in [0, 0.1) is 11.3 Å². The lowest BCUT2D eigenvalue weighted by Crippen LogP contribution is -2.51. The lowest BCUT2D eigenvalue weighted by Gasteiger charge is -2.44. The summed E-state index contributed by atoms with van der Waals surface area (Å²) in [5, 5.41) is 20.1. The normalized spacial score (nSPS) is 18.3. The maximum absolute atomic E-state index is 10.5. The standard InChI is InChI=1S/C26H27N3O/c1-20(29-16-13-22(14-17-29)21-9-11-25(30)12-10-21)26(19-27,23-6-3-2-4-7-23)24-8-5-15-28-18-24/h2-12,15,18,20,22,30H,13-14,16-17H2,1H3. The van der Waals surface area contributed by atoms with Gasteiger partial charge in [0.25, 0.3) is 0 Å². The Kier molecular flexibility index (Phi) is 5.83. The molecule has 0 aliphatic carbocycles. The van der Waals surface area contributed by atoms with Gasteiger partial charge in [-0.3, -0.25) is 9.88 Å². The first kappa shape index (κ1) is 20.1. The van der Waals surface area contributed by atoms with Crippen LogP contribution in [0.2, 0.25) is 0 Å². The van der Waals surface area contributed by atoms with Gasteiger partial charge < -0.3 is 5.11 Å². The number of nitriles is 1. The minimum Gasteiger partial charge on any atom is -0.508 e. The number of pyridine rings is 1. The second kappa shape index (κ2) is 8.69. The van der Waals surface area contributed by atoms with E-state index in [9.17, 15) is 10.4 Å². The van der Waals surface area contributed by atoms with Gasteiger partial charge in [0.15, 0.2) is 0 Å². The number of phenols is 1. The molecule has 4 rings (SSSR count). The van der Waals surface area contributed by atoms with Crippen LogP contribution >= 0.6 is 0 Å². The highest BCUT2D eigenvalue weighted by molar-refractivity contribution is 5.47. The highest BCUT2D eigenvalue weighted by Gasteiger charge is 2.44. The largest absolute Gasteiger partial charge is 0.508 e. The molecule has 2 aromatic carbocycles. The SMILES string of the molecule is CC(N1CCC(c2ccc(O)cc2)CC1)C(C#N)(c1ccccc1)c1cccnc1. The van der Waals surface area contributed by atoms with Gasteiger partial charge in [-0.15, -0.1) is 0 Å². The van der Waals surface area contributed by atoms with Crippen LogP contribution in [0.25, 0.3) is 0 Å². The molecule has 152 valence electrons. The van der Waals surface area contributed by atoms with Crippen LogP contribution in [0.3, 0.4) is 0 Å². The van der Waals surface area contributed by atoms with Crippen LogP contribution < -0.4 is 0 Å². The van der Waals surface area contributed by atoms with Crippen molar-refractivity contribution in [3.63, 3.8) is 0 Å². The molecule has 0 bridgehead atoms. The Morgan fingerprint density at radius 1 is 1.00 bits per heavy atom. The fourth-order valence-corrected chi connectivity index (χ4v) is 4.81. The average molecular weight is 398 g/mol. The molecule has 1 aliphatic heterocycles. The summed E-state index contributed by atoms with van der Waals surface area (Å²) in [6.45, 7) is 4.04. The van der Waals surface area contributed by atoms with Crippen LogP contribution in [0.1, 0.15) is 42.4 Å². The third-order valence-corrected chi connectivity index (χ3v) is 6.59. The molecule has 2 unspecified atom stereocenters. The smallest absolute Gasteiger partial charge is 0.124 e. The van der Waals surface area contributed by atoms with Crippen molar-refractivity contribution in [2.75, 3.05) is 13.1 Å². The molecule has 0 saturated carbocycles. The Labute approximate surface area is 178 Å². The third-order valence-electron chi connectivity index (χ3n) is 6.59. The molecule has 0 amide bonds. The lowest BCUT2D eigenvalue weighted by molar-refractivity contribution is 0.132. The summed E-state index contributed by atoms with van der Waals surface area (Å²) < 4.78 is 0. The maximum Gasteiger partial charge on any atom is 0.124 e. The van der Waals surface area contributed by atoms with Crippen LogP contribution in [0.5, 0.6) is 5.75 Å². The molecular weight excluding hydrogens is 370 g/mol. The molecule has 30 heavy (non-hydrogen) atoms. The molecule has 1 fully saturated rings. The average Bonchev–Trinajstić information content (AvgIpc) is 2.82. The quantitative estimate of drug-likeness (QED) is 0.668. The first-order valence-corrected chi connectivity index (χ1v) is 10.6. The first-order chi connectivity index (χ1) is 14.6. The van der Waals surface area contributed by atoms with Crippen molar-refractivity contribution in [2.24, 2.45) is 0 Å². The molecular formula is C26H27N3O. The molecule has 4 heteroatoms. The number of phenolic OH excluding ortho intramolecular Hbond substituents is 1. The zero-order chi connectivity index (χ0) is 21.0. The zero-order valence-corrected chi connectivity index (χ0v) is 17.3. The van der Waals surface area contributed by atoms with E-state index in [0.717, 1.165) is 37.1 Å². The summed E-state index contributed by atoms with van der Waals surface area (Å²) in [5.41, 5.74) is 2.45. The Morgan fingerprint density at radius 3 is 2.27 bits per heavy atom. The van der Waals surface area contributed by atoms with E-state index >= 15 is 0 Å². The molecule has 0 spiro atoms.